The molecular formula is C10H12. The first kappa shape index (κ1) is 5.17. The largest absolute Gasteiger partial charge is 0.0845 e. The van der Waals surface area contributed by atoms with E-state index in [0.29, 0.717) is 0 Å². The number of allylic oxidation sites excluding steroid dienone is 4. The highest BCUT2D eigenvalue weighted by Crippen LogP contribution is 2.51. The molecule has 1 saturated carbocycles. The van der Waals surface area contributed by atoms with Gasteiger partial charge in [0.1, 0.15) is 0 Å². The summed E-state index contributed by atoms with van der Waals surface area (Å²) < 4.78 is 0. The second-order valence-corrected chi connectivity index (χ2v) is 3.83. The molecule has 0 spiro atoms. The lowest BCUT2D eigenvalue weighted by molar-refractivity contribution is 0.397. The van der Waals surface area contributed by atoms with E-state index in [2.05, 4.69) is 24.3 Å². The molecule has 0 radical (unpaired) electrons. The van der Waals surface area contributed by atoms with Gasteiger partial charge in [0.2, 0.25) is 0 Å². The van der Waals surface area contributed by atoms with Crippen molar-refractivity contribution in [1.82, 2.24) is 0 Å². The van der Waals surface area contributed by atoms with Crippen LogP contribution in [0.3, 0.4) is 0 Å². The van der Waals surface area contributed by atoms with Gasteiger partial charge in [-0.2, -0.15) is 0 Å². The Morgan fingerprint density at radius 3 is 2.00 bits per heavy atom. The van der Waals surface area contributed by atoms with E-state index in [0.717, 1.165) is 23.7 Å². The van der Waals surface area contributed by atoms with Gasteiger partial charge in [0.15, 0.2) is 0 Å². The zero-order valence-corrected chi connectivity index (χ0v) is 6.03. The molecule has 52 valence electrons. The predicted octanol–water partition coefficient (Wildman–Crippen LogP) is 2.38. The molecule has 0 heteroatoms. The minimum atomic E-state index is 0.831. The van der Waals surface area contributed by atoms with Crippen LogP contribution in [0.2, 0.25) is 0 Å². The highest BCUT2D eigenvalue weighted by Gasteiger charge is 2.42. The maximum atomic E-state index is 2.44. The number of hydrogen-bond acceptors (Lipinski definition) is 0. The van der Waals surface area contributed by atoms with Crippen LogP contribution in [-0.2, 0) is 0 Å². The van der Waals surface area contributed by atoms with Crippen molar-refractivity contribution in [3.05, 3.63) is 24.3 Å². The maximum Gasteiger partial charge on any atom is -0.00137 e. The number of hydrogen-bond donors (Lipinski definition) is 0. The summed E-state index contributed by atoms with van der Waals surface area (Å²) >= 11 is 0. The van der Waals surface area contributed by atoms with Crippen molar-refractivity contribution in [2.75, 3.05) is 0 Å². The Kier molecular flexibility index (Phi) is 0.803. The minimum absolute atomic E-state index is 0.831. The Bertz CT molecular complexity index is 190. The van der Waals surface area contributed by atoms with E-state index in [4.69, 9.17) is 0 Å². The Morgan fingerprint density at radius 1 is 0.800 bits per heavy atom. The molecule has 0 aromatic rings. The van der Waals surface area contributed by atoms with Gasteiger partial charge in [-0.25, -0.2) is 0 Å². The van der Waals surface area contributed by atoms with Crippen LogP contribution in [-0.4, -0.2) is 0 Å². The summed E-state index contributed by atoms with van der Waals surface area (Å²) in [5.74, 6) is 3.73. The average molecular weight is 132 g/mol. The zero-order valence-electron chi connectivity index (χ0n) is 6.03. The highest BCUT2D eigenvalue weighted by molar-refractivity contribution is 5.24. The summed E-state index contributed by atoms with van der Waals surface area (Å²) in [6.07, 6.45) is 12.6. The average Bonchev–Trinajstić information content (AvgIpc) is 2.56. The van der Waals surface area contributed by atoms with Crippen LogP contribution in [0, 0.1) is 23.7 Å². The van der Waals surface area contributed by atoms with Crippen molar-refractivity contribution in [3.8, 4) is 0 Å². The maximum absolute atomic E-state index is 2.44. The first-order valence-corrected chi connectivity index (χ1v) is 4.32. The SMILES string of the molecule is C1=CC2CCC3C=CC1C23. The van der Waals surface area contributed by atoms with Crippen molar-refractivity contribution < 1.29 is 0 Å². The molecule has 1 fully saturated rings. The third kappa shape index (κ3) is 0.448. The van der Waals surface area contributed by atoms with Gasteiger partial charge in [-0.1, -0.05) is 24.3 Å². The van der Waals surface area contributed by atoms with E-state index >= 15 is 0 Å². The molecule has 0 amide bonds. The Hall–Kier alpha value is -0.520. The van der Waals surface area contributed by atoms with Crippen LogP contribution in [0.5, 0.6) is 0 Å². The quantitative estimate of drug-likeness (QED) is 0.444. The first-order chi connectivity index (χ1) is 4.95. The summed E-state index contributed by atoms with van der Waals surface area (Å²) in [6.45, 7) is 0. The third-order valence-corrected chi connectivity index (χ3v) is 3.43. The molecule has 0 N–H and O–H groups in total. The highest BCUT2D eigenvalue weighted by atomic mass is 14.5. The minimum Gasteiger partial charge on any atom is -0.0845 e. The van der Waals surface area contributed by atoms with E-state index in [1.165, 1.54) is 12.8 Å². The topological polar surface area (TPSA) is 0 Å². The van der Waals surface area contributed by atoms with Gasteiger partial charge in [-0.3, -0.25) is 0 Å². The first-order valence-electron chi connectivity index (χ1n) is 4.32. The van der Waals surface area contributed by atoms with Crippen molar-refractivity contribution in [3.63, 3.8) is 0 Å². The Balaban J connectivity index is 2.07. The molecule has 3 aliphatic rings. The molecule has 0 saturated heterocycles. The molecule has 0 heterocycles. The summed E-state index contributed by atoms with van der Waals surface area (Å²) in [7, 11) is 0. The van der Waals surface area contributed by atoms with Crippen LogP contribution in [0.25, 0.3) is 0 Å². The summed E-state index contributed by atoms with van der Waals surface area (Å²) in [5.41, 5.74) is 0. The Morgan fingerprint density at radius 2 is 1.40 bits per heavy atom. The lowest BCUT2D eigenvalue weighted by atomic mass is 9.90. The fourth-order valence-electron chi connectivity index (χ4n) is 2.97. The molecule has 0 aromatic carbocycles. The second kappa shape index (κ2) is 1.55. The van der Waals surface area contributed by atoms with Crippen LogP contribution in [0.15, 0.2) is 24.3 Å². The molecule has 3 aliphatic carbocycles. The zero-order chi connectivity index (χ0) is 6.55. The molecule has 0 aliphatic heterocycles. The smallest absolute Gasteiger partial charge is 0.00137 e. The van der Waals surface area contributed by atoms with Gasteiger partial charge in [-0.05, 0) is 36.5 Å². The molecule has 2 atom stereocenters. The summed E-state index contributed by atoms with van der Waals surface area (Å²) in [6, 6.07) is 0. The van der Waals surface area contributed by atoms with E-state index in [1.807, 2.05) is 0 Å². The molecular weight excluding hydrogens is 120 g/mol. The van der Waals surface area contributed by atoms with Crippen molar-refractivity contribution in [2.45, 2.75) is 12.8 Å². The van der Waals surface area contributed by atoms with Crippen molar-refractivity contribution in [2.24, 2.45) is 23.7 Å². The van der Waals surface area contributed by atoms with Crippen LogP contribution >= 0.6 is 0 Å². The monoisotopic (exact) mass is 132 g/mol. The van der Waals surface area contributed by atoms with Gasteiger partial charge in [0.25, 0.3) is 0 Å². The van der Waals surface area contributed by atoms with Gasteiger partial charge >= 0.3 is 0 Å². The normalized spacial score (nSPS) is 54.4. The van der Waals surface area contributed by atoms with Gasteiger partial charge < -0.3 is 0 Å². The van der Waals surface area contributed by atoms with E-state index in [-0.39, 0.29) is 0 Å². The third-order valence-electron chi connectivity index (χ3n) is 3.43. The van der Waals surface area contributed by atoms with E-state index in [1.54, 1.807) is 0 Å². The predicted molar refractivity (Wildman–Crippen MR) is 41.5 cm³/mol. The van der Waals surface area contributed by atoms with Crippen molar-refractivity contribution >= 4 is 0 Å². The summed E-state index contributed by atoms with van der Waals surface area (Å²) in [5, 5.41) is 0. The fraction of sp³-hybridized carbons (Fsp3) is 0.600. The van der Waals surface area contributed by atoms with E-state index in [9.17, 15) is 0 Å². The van der Waals surface area contributed by atoms with Crippen LogP contribution in [0.1, 0.15) is 12.8 Å². The lowest BCUT2D eigenvalue weighted by Crippen LogP contribution is -2.09. The van der Waals surface area contributed by atoms with Gasteiger partial charge in [-0.15, -0.1) is 0 Å². The lowest BCUT2D eigenvalue weighted by Gasteiger charge is -2.13. The Labute approximate surface area is 61.6 Å². The molecule has 10 heavy (non-hydrogen) atoms. The fourth-order valence-corrected chi connectivity index (χ4v) is 2.97. The summed E-state index contributed by atoms with van der Waals surface area (Å²) in [4.78, 5) is 0. The van der Waals surface area contributed by atoms with Gasteiger partial charge in [0.05, 0.1) is 0 Å². The molecule has 0 nitrogen and oxygen atoms in total. The molecule has 3 rings (SSSR count). The molecule has 0 aromatic heterocycles. The molecule has 2 unspecified atom stereocenters. The number of rotatable bonds is 0. The standard InChI is InChI=1S/C10H12/c1-2-8-5-6-9-4-3-7(1)10(8)9/h1-4,7-10H,5-6H2. The van der Waals surface area contributed by atoms with Gasteiger partial charge in [0, 0.05) is 0 Å². The van der Waals surface area contributed by atoms with E-state index < -0.39 is 0 Å². The van der Waals surface area contributed by atoms with Crippen LogP contribution < -0.4 is 0 Å². The molecule has 0 bridgehead atoms. The second-order valence-electron chi connectivity index (χ2n) is 3.83. The van der Waals surface area contributed by atoms with Crippen molar-refractivity contribution in [1.29, 1.82) is 0 Å². The van der Waals surface area contributed by atoms with Crippen LogP contribution in [0.4, 0.5) is 0 Å².